The standard InChI is InChI=1S/C22H24F2O4/c1-2-3-4-5-6-13-27-21(25)17-8-10-18(11-9-17)22(26)28-15-16-7-12-19(23)20(24)14-16/h7-12,14H,2-6,13,15H2,1H3. The van der Waals surface area contributed by atoms with Gasteiger partial charge in [0.15, 0.2) is 11.6 Å². The minimum atomic E-state index is -0.998. The van der Waals surface area contributed by atoms with E-state index in [1.165, 1.54) is 36.8 Å². The molecular formula is C22H24F2O4. The first kappa shape index (κ1) is 21.5. The Balaban J connectivity index is 1.79. The van der Waals surface area contributed by atoms with Crippen molar-refractivity contribution in [2.24, 2.45) is 0 Å². The summed E-state index contributed by atoms with van der Waals surface area (Å²) < 4.78 is 36.3. The summed E-state index contributed by atoms with van der Waals surface area (Å²) in [4.78, 5) is 24.0. The highest BCUT2D eigenvalue weighted by molar-refractivity contribution is 5.93. The SMILES string of the molecule is CCCCCCCOC(=O)c1ccc(C(=O)OCc2ccc(F)c(F)c2)cc1. The molecule has 0 atom stereocenters. The zero-order valence-electron chi connectivity index (χ0n) is 15.9. The van der Waals surface area contributed by atoms with Crippen LogP contribution in [0.15, 0.2) is 42.5 Å². The van der Waals surface area contributed by atoms with E-state index in [1.807, 2.05) is 0 Å². The van der Waals surface area contributed by atoms with E-state index in [9.17, 15) is 18.4 Å². The molecule has 0 aromatic heterocycles. The second-order valence-electron chi connectivity index (χ2n) is 6.45. The van der Waals surface area contributed by atoms with Gasteiger partial charge in [-0.15, -0.1) is 0 Å². The first-order valence-corrected chi connectivity index (χ1v) is 9.39. The summed E-state index contributed by atoms with van der Waals surface area (Å²) in [7, 11) is 0. The Morgan fingerprint density at radius 3 is 2.00 bits per heavy atom. The zero-order valence-corrected chi connectivity index (χ0v) is 15.9. The van der Waals surface area contributed by atoms with E-state index < -0.39 is 23.6 Å². The predicted octanol–water partition coefficient (Wildman–Crippen LogP) is 5.45. The summed E-state index contributed by atoms with van der Waals surface area (Å²) in [6, 6.07) is 9.21. The number of hydrogen-bond acceptors (Lipinski definition) is 4. The van der Waals surface area contributed by atoms with Crippen molar-refractivity contribution >= 4 is 11.9 Å². The summed E-state index contributed by atoms with van der Waals surface area (Å²) in [6.07, 6.45) is 5.34. The molecule has 0 fully saturated rings. The van der Waals surface area contributed by atoms with E-state index >= 15 is 0 Å². The van der Waals surface area contributed by atoms with Crippen LogP contribution >= 0.6 is 0 Å². The van der Waals surface area contributed by atoms with Gasteiger partial charge in [0.05, 0.1) is 17.7 Å². The van der Waals surface area contributed by atoms with Crippen LogP contribution in [0.5, 0.6) is 0 Å². The third-order valence-corrected chi connectivity index (χ3v) is 4.19. The van der Waals surface area contributed by atoms with Crippen molar-refractivity contribution in [2.75, 3.05) is 6.61 Å². The smallest absolute Gasteiger partial charge is 0.338 e. The van der Waals surface area contributed by atoms with Crippen LogP contribution in [0.3, 0.4) is 0 Å². The van der Waals surface area contributed by atoms with E-state index in [0.717, 1.165) is 37.8 Å². The van der Waals surface area contributed by atoms with Crippen molar-refractivity contribution in [3.05, 3.63) is 70.8 Å². The number of carbonyl (C=O) groups is 2. The van der Waals surface area contributed by atoms with Crippen molar-refractivity contribution in [1.29, 1.82) is 0 Å². The predicted molar refractivity (Wildman–Crippen MR) is 101 cm³/mol. The second kappa shape index (κ2) is 11.2. The van der Waals surface area contributed by atoms with Crippen LogP contribution in [0.1, 0.15) is 65.3 Å². The number of rotatable bonds is 10. The summed E-state index contributed by atoms with van der Waals surface area (Å²) in [5, 5.41) is 0. The Hall–Kier alpha value is -2.76. The molecule has 28 heavy (non-hydrogen) atoms. The van der Waals surface area contributed by atoms with Gasteiger partial charge in [0, 0.05) is 0 Å². The Bertz CT molecular complexity index is 788. The van der Waals surface area contributed by atoms with Crippen LogP contribution in [-0.4, -0.2) is 18.5 Å². The number of esters is 2. The van der Waals surface area contributed by atoms with Gasteiger partial charge in [-0.1, -0.05) is 38.7 Å². The lowest BCUT2D eigenvalue weighted by Crippen LogP contribution is -2.08. The van der Waals surface area contributed by atoms with Gasteiger partial charge in [-0.05, 0) is 48.4 Å². The lowest BCUT2D eigenvalue weighted by molar-refractivity contribution is 0.0466. The molecule has 0 heterocycles. The molecule has 4 nitrogen and oxygen atoms in total. The van der Waals surface area contributed by atoms with Crippen molar-refractivity contribution in [2.45, 2.75) is 45.6 Å². The molecule has 0 aliphatic heterocycles. The van der Waals surface area contributed by atoms with Gasteiger partial charge in [-0.3, -0.25) is 0 Å². The molecule has 0 amide bonds. The molecule has 150 valence electrons. The molecule has 0 saturated heterocycles. The summed E-state index contributed by atoms with van der Waals surface area (Å²) in [6.45, 7) is 2.33. The Labute approximate surface area is 163 Å². The fraction of sp³-hybridized carbons (Fsp3) is 0.364. The molecular weight excluding hydrogens is 366 g/mol. The quantitative estimate of drug-likeness (QED) is 0.400. The molecule has 2 rings (SSSR count). The largest absolute Gasteiger partial charge is 0.462 e. The maximum Gasteiger partial charge on any atom is 0.338 e. The molecule has 0 N–H and O–H groups in total. The molecule has 2 aromatic carbocycles. The van der Waals surface area contributed by atoms with Crippen LogP contribution in [-0.2, 0) is 16.1 Å². The fourth-order valence-corrected chi connectivity index (χ4v) is 2.56. The first-order valence-electron chi connectivity index (χ1n) is 9.39. The van der Waals surface area contributed by atoms with Crippen molar-refractivity contribution in [3.63, 3.8) is 0 Å². The van der Waals surface area contributed by atoms with Crippen LogP contribution in [0.25, 0.3) is 0 Å². The third kappa shape index (κ3) is 6.76. The lowest BCUT2D eigenvalue weighted by Gasteiger charge is -2.07. The molecule has 0 spiro atoms. The topological polar surface area (TPSA) is 52.6 Å². The molecule has 0 unspecified atom stereocenters. The summed E-state index contributed by atoms with van der Waals surface area (Å²) in [5.41, 5.74) is 0.941. The molecule has 0 radical (unpaired) electrons. The van der Waals surface area contributed by atoms with Crippen molar-refractivity contribution < 1.29 is 27.8 Å². The number of benzene rings is 2. The highest BCUT2D eigenvalue weighted by Crippen LogP contribution is 2.12. The monoisotopic (exact) mass is 390 g/mol. The summed E-state index contributed by atoms with van der Waals surface area (Å²) >= 11 is 0. The van der Waals surface area contributed by atoms with Gasteiger partial charge in [0.25, 0.3) is 0 Å². The van der Waals surface area contributed by atoms with E-state index in [1.54, 1.807) is 0 Å². The van der Waals surface area contributed by atoms with E-state index in [4.69, 9.17) is 9.47 Å². The number of ether oxygens (including phenoxy) is 2. The van der Waals surface area contributed by atoms with Crippen LogP contribution < -0.4 is 0 Å². The van der Waals surface area contributed by atoms with Gasteiger partial charge >= 0.3 is 11.9 Å². The normalized spacial score (nSPS) is 10.5. The van der Waals surface area contributed by atoms with Gasteiger partial charge in [-0.25, -0.2) is 18.4 Å². The average molecular weight is 390 g/mol. The fourth-order valence-electron chi connectivity index (χ4n) is 2.56. The molecule has 6 heteroatoms. The van der Waals surface area contributed by atoms with Crippen molar-refractivity contribution in [1.82, 2.24) is 0 Å². The Morgan fingerprint density at radius 1 is 0.786 bits per heavy atom. The number of halogens is 2. The van der Waals surface area contributed by atoms with E-state index in [2.05, 4.69) is 6.92 Å². The Kier molecular flexibility index (Phi) is 8.59. The van der Waals surface area contributed by atoms with Gasteiger partial charge in [0.1, 0.15) is 6.61 Å². The third-order valence-electron chi connectivity index (χ3n) is 4.19. The maximum atomic E-state index is 13.2. The minimum absolute atomic E-state index is 0.183. The molecule has 0 saturated carbocycles. The lowest BCUT2D eigenvalue weighted by atomic mass is 10.1. The molecule has 2 aromatic rings. The number of unbranched alkanes of at least 4 members (excludes halogenated alkanes) is 4. The molecule has 0 bridgehead atoms. The highest BCUT2D eigenvalue weighted by Gasteiger charge is 2.12. The Morgan fingerprint density at radius 2 is 1.39 bits per heavy atom. The molecule has 0 aliphatic carbocycles. The van der Waals surface area contributed by atoms with Gasteiger partial charge < -0.3 is 9.47 Å². The second-order valence-corrected chi connectivity index (χ2v) is 6.45. The summed E-state index contributed by atoms with van der Waals surface area (Å²) in [5.74, 6) is -3.02. The van der Waals surface area contributed by atoms with Gasteiger partial charge in [-0.2, -0.15) is 0 Å². The molecule has 0 aliphatic rings. The average Bonchev–Trinajstić information content (AvgIpc) is 2.71. The van der Waals surface area contributed by atoms with E-state index in [-0.39, 0.29) is 12.2 Å². The van der Waals surface area contributed by atoms with Gasteiger partial charge in [0.2, 0.25) is 0 Å². The van der Waals surface area contributed by atoms with Crippen molar-refractivity contribution in [3.8, 4) is 0 Å². The van der Waals surface area contributed by atoms with Crippen LogP contribution in [0.4, 0.5) is 8.78 Å². The van der Waals surface area contributed by atoms with E-state index in [0.29, 0.717) is 17.7 Å². The minimum Gasteiger partial charge on any atom is -0.462 e. The number of hydrogen-bond donors (Lipinski definition) is 0. The maximum absolute atomic E-state index is 13.2. The van der Waals surface area contributed by atoms with Crippen LogP contribution in [0.2, 0.25) is 0 Å². The van der Waals surface area contributed by atoms with Crippen LogP contribution in [0, 0.1) is 11.6 Å². The highest BCUT2D eigenvalue weighted by atomic mass is 19.2. The first-order chi connectivity index (χ1) is 13.5. The number of carbonyl (C=O) groups excluding carboxylic acids is 2. The zero-order chi connectivity index (χ0) is 20.4.